The second-order valence-corrected chi connectivity index (χ2v) is 7.36. The summed E-state index contributed by atoms with van der Waals surface area (Å²) in [5, 5.41) is 8.93. The fraction of sp³-hybridized carbons (Fsp3) is 0.391. The molecule has 0 aliphatic carbocycles. The van der Waals surface area contributed by atoms with Crippen LogP contribution in [0.3, 0.4) is 0 Å². The monoisotopic (exact) mass is 377 g/mol. The van der Waals surface area contributed by atoms with E-state index in [2.05, 4.69) is 44.0 Å². The fourth-order valence-electron chi connectivity index (χ4n) is 3.17. The van der Waals surface area contributed by atoms with E-state index in [-0.39, 0.29) is 0 Å². The van der Waals surface area contributed by atoms with E-state index in [0.29, 0.717) is 25.4 Å². The highest BCUT2D eigenvalue weighted by Crippen LogP contribution is 2.39. The highest BCUT2D eigenvalue weighted by atomic mass is 16.6. The summed E-state index contributed by atoms with van der Waals surface area (Å²) in [5.41, 5.74) is 5.68. The number of benzene rings is 2. The second-order valence-electron chi connectivity index (χ2n) is 7.36. The molecule has 1 aliphatic heterocycles. The van der Waals surface area contributed by atoms with E-state index < -0.39 is 5.60 Å². The van der Waals surface area contributed by atoms with Gasteiger partial charge in [-0.25, -0.2) is 4.99 Å². The number of nitrogens with zero attached hydrogens (tertiary/aromatic N) is 3. The van der Waals surface area contributed by atoms with Crippen molar-refractivity contribution in [2.75, 3.05) is 26.8 Å². The Balaban J connectivity index is 1.80. The predicted octanol–water partition coefficient (Wildman–Crippen LogP) is 4.23. The molecule has 146 valence electrons. The molecule has 0 unspecified atom stereocenters. The highest BCUT2D eigenvalue weighted by molar-refractivity contribution is 5.64. The molecule has 1 fully saturated rings. The van der Waals surface area contributed by atoms with Crippen molar-refractivity contribution in [2.24, 2.45) is 4.99 Å². The largest absolute Gasteiger partial charge is 0.375 e. The Hall–Kier alpha value is -2.68. The molecule has 0 radical (unpaired) electrons. The number of rotatable bonds is 7. The van der Waals surface area contributed by atoms with E-state index in [1.54, 1.807) is 0 Å². The highest BCUT2D eigenvalue weighted by Gasteiger charge is 2.43. The van der Waals surface area contributed by atoms with Crippen LogP contribution in [-0.2, 0) is 21.7 Å². The molecule has 5 heteroatoms. The first-order valence-corrected chi connectivity index (χ1v) is 9.54. The Kier molecular flexibility index (Phi) is 6.13. The van der Waals surface area contributed by atoms with Gasteiger partial charge in [-0.1, -0.05) is 18.2 Å². The molecule has 0 spiro atoms. The number of hydrogen-bond acceptors (Lipinski definition) is 4. The van der Waals surface area contributed by atoms with Gasteiger partial charge in [0, 0.05) is 13.6 Å². The first-order valence-electron chi connectivity index (χ1n) is 9.54. The zero-order valence-electron chi connectivity index (χ0n) is 17.0. The molecule has 0 bridgehead atoms. The Morgan fingerprint density at radius 3 is 2.50 bits per heavy atom. The molecule has 0 amide bonds. The van der Waals surface area contributed by atoms with Gasteiger partial charge in [0.15, 0.2) is 0 Å². The number of ether oxygens (including phenoxy) is 2. The summed E-state index contributed by atoms with van der Waals surface area (Å²) < 4.78 is 11.9. The van der Waals surface area contributed by atoms with Gasteiger partial charge in [0.25, 0.3) is 0 Å². The lowest BCUT2D eigenvalue weighted by Crippen LogP contribution is -2.49. The van der Waals surface area contributed by atoms with Crippen molar-refractivity contribution in [1.82, 2.24) is 4.90 Å². The molecule has 5 nitrogen and oxygen atoms in total. The summed E-state index contributed by atoms with van der Waals surface area (Å²) in [4.78, 5) is 6.66. The number of aliphatic imine (C=N–C) groups is 1. The van der Waals surface area contributed by atoms with Gasteiger partial charge in [-0.05, 0) is 61.2 Å². The van der Waals surface area contributed by atoms with Crippen LogP contribution in [-0.4, -0.2) is 38.0 Å². The third-order valence-corrected chi connectivity index (χ3v) is 5.20. The Morgan fingerprint density at radius 2 is 1.93 bits per heavy atom. The average Bonchev–Trinajstić information content (AvgIpc) is 2.68. The van der Waals surface area contributed by atoms with Gasteiger partial charge in [0.2, 0.25) is 0 Å². The minimum absolute atomic E-state index is 0.425. The van der Waals surface area contributed by atoms with Gasteiger partial charge in [0.1, 0.15) is 5.60 Å². The zero-order chi connectivity index (χ0) is 20.1. The minimum atomic E-state index is -0.425. The summed E-state index contributed by atoms with van der Waals surface area (Å²) >= 11 is 0. The summed E-state index contributed by atoms with van der Waals surface area (Å²) in [7, 11) is 2.01. The van der Waals surface area contributed by atoms with Gasteiger partial charge < -0.3 is 14.4 Å². The van der Waals surface area contributed by atoms with E-state index in [9.17, 15) is 0 Å². The molecule has 0 aromatic heterocycles. The van der Waals surface area contributed by atoms with Crippen LogP contribution in [0.2, 0.25) is 0 Å². The molecule has 2 aromatic carbocycles. The first kappa shape index (κ1) is 20.1. The van der Waals surface area contributed by atoms with Crippen molar-refractivity contribution >= 4 is 12.0 Å². The van der Waals surface area contributed by atoms with Crippen LogP contribution in [0.25, 0.3) is 0 Å². The van der Waals surface area contributed by atoms with Gasteiger partial charge >= 0.3 is 0 Å². The number of aryl methyl sites for hydroxylation is 2. The first-order chi connectivity index (χ1) is 13.5. The lowest BCUT2D eigenvalue weighted by atomic mass is 9.86. The van der Waals surface area contributed by atoms with Crippen LogP contribution < -0.4 is 0 Å². The fourth-order valence-corrected chi connectivity index (χ4v) is 3.17. The van der Waals surface area contributed by atoms with E-state index in [1.807, 2.05) is 42.6 Å². The van der Waals surface area contributed by atoms with Crippen LogP contribution >= 0.6 is 0 Å². The van der Waals surface area contributed by atoms with Crippen molar-refractivity contribution in [3.8, 4) is 6.07 Å². The molecular weight excluding hydrogens is 350 g/mol. The predicted molar refractivity (Wildman–Crippen MR) is 111 cm³/mol. The van der Waals surface area contributed by atoms with E-state index in [0.717, 1.165) is 34.5 Å². The third-order valence-electron chi connectivity index (χ3n) is 5.20. The van der Waals surface area contributed by atoms with E-state index in [1.165, 1.54) is 0 Å². The summed E-state index contributed by atoms with van der Waals surface area (Å²) in [6.07, 6.45) is 1.87. The molecule has 0 saturated carbocycles. The number of nitriles is 1. The Morgan fingerprint density at radius 1 is 1.21 bits per heavy atom. The molecule has 28 heavy (non-hydrogen) atoms. The molecule has 1 heterocycles. The van der Waals surface area contributed by atoms with Crippen LogP contribution in [0.15, 0.2) is 41.4 Å². The average molecular weight is 377 g/mol. The van der Waals surface area contributed by atoms with Gasteiger partial charge in [-0.3, -0.25) is 0 Å². The molecule has 2 aromatic rings. The Bertz CT molecular complexity index is 893. The zero-order valence-corrected chi connectivity index (χ0v) is 17.0. The van der Waals surface area contributed by atoms with Crippen molar-refractivity contribution < 1.29 is 9.47 Å². The maximum absolute atomic E-state index is 8.93. The minimum Gasteiger partial charge on any atom is -0.375 e. The van der Waals surface area contributed by atoms with Crippen LogP contribution in [0, 0.1) is 25.2 Å². The maximum atomic E-state index is 8.93. The summed E-state index contributed by atoms with van der Waals surface area (Å²) in [6.45, 7) is 8.77. The quantitative estimate of drug-likeness (QED) is 0.535. The molecular formula is C23H27N3O2. The SMILES string of the molecule is CCN(C)C=Nc1cc(C)c(C2(OCc3ccc(C#N)cc3)COC2)cc1C. The van der Waals surface area contributed by atoms with Gasteiger partial charge in [-0.15, -0.1) is 0 Å². The number of hydrogen-bond donors (Lipinski definition) is 0. The van der Waals surface area contributed by atoms with E-state index in [4.69, 9.17) is 14.7 Å². The van der Waals surface area contributed by atoms with Crippen molar-refractivity contribution in [1.29, 1.82) is 5.26 Å². The molecule has 3 rings (SSSR count). The van der Waals surface area contributed by atoms with Crippen LogP contribution in [0.5, 0.6) is 0 Å². The smallest absolute Gasteiger partial charge is 0.140 e. The summed E-state index contributed by atoms with van der Waals surface area (Å²) in [6, 6.07) is 13.9. The maximum Gasteiger partial charge on any atom is 0.140 e. The standard InChI is InChI=1S/C23H27N3O2/c1-5-26(4)16-25-22-11-17(2)21(10-18(22)3)23(14-27-15-23)28-13-20-8-6-19(12-24)7-9-20/h6-11,16H,5,13-15H2,1-4H3. The third kappa shape index (κ3) is 4.24. The van der Waals surface area contributed by atoms with Crippen molar-refractivity contribution in [3.63, 3.8) is 0 Å². The molecule has 0 atom stereocenters. The van der Waals surface area contributed by atoms with E-state index >= 15 is 0 Å². The normalized spacial score (nSPS) is 15.2. The van der Waals surface area contributed by atoms with Crippen molar-refractivity contribution in [3.05, 3.63) is 64.2 Å². The van der Waals surface area contributed by atoms with Crippen molar-refractivity contribution in [2.45, 2.75) is 33.0 Å². The van der Waals surface area contributed by atoms with Crippen LogP contribution in [0.4, 0.5) is 5.69 Å². The summed E-state index contributed by atoms with van der Waals surface area (Å²) in [5.74, 6) is 0. The molecule has 1 aliphatic rings. The second kappa shape index (κ2) is 8.55. The lowest BCUT2D eigenvalue weighted by Gasteiger charge is -2.42. The van der Waals surface area contributed by atoms with Gasteiger partial charge in [-0.2, -0.15) is 5.26 Å². The molecule has 0 N–H and O–H groups in total. The van der Waals surface area contributed by atoms with Crippen LogP contribution in [0.1, 0.15) is 34.7 Å². The topological polar surface area (TPSA) is 57.8 Å². The molecule has 1 saturated heterocycles. The Labute approximate surface area is 167 Å². The lowest BCUT2D eigenvalue weighted by molar-refractivity contribution is -0.223. The van der Waals surface area contributed by atoms with Gasteiger partial charge in [0.05, 0.1) is 43.5 Å².